The molecule has 0 amide bonds. The van der Waals surface area contributed by atoms with Gasteiger partial charge in [-0.25, -0.2) is 0 Å². The maximum absolute atomic E-state index is 6.88. The molecule has 0 fully saturated rings. The van der Waals surface area contributed by atoms with Crippen LogP contribution in [0.25, 0.3) is 76.1 Å². The van der Waals surface area contributed by atoms with E-state index in [0.717, 1.165) is 56.6 Å². The molecule has 1 aliphatic rings. The zero-order chi connectivity index (χ0) is 42.8. The Morgan fingerprint density at radius 3 is 1.46 bits per heavy atom. The molecular formula is C62H40N2O. The molecule has 3 heteroatoms. The fourth-order valence-electron chi connectivity index (χ4n) is 10.2. The van der Waals surface area contributed by atoms with Crippen molar-refractivity contribution in [2.45, 2.75) is 0 Å². The number of benzene rings is 12. The Hall–Kier alpha value is -8.66. The van der Waals surface area contributed by atoms with Gasteiger partial charge in [0.25, 0.3) is 0 Å². The van der Waals surface area contributed by atoms with Crippen molar-refractivity contribution in [2.24, 2.45) is 0 Å². The quantitative estimate of drug-likeness (QED) is 0.149. The molecule has 0 atom stereocenters. The van der Waals surface area contributed by atoms with Crippen LogP contribution in [0, 0.1) is 0 Å². The van der Waals surface area contributed by atoms with Crippen LogP contribution in [0.4, 0.5) is 34.1 Å². The van der Waals surface area contributed by atoms with Crippen LogP contribution < -0.4 is 14.5 Å². The molecule has 0 saturated carbocycles. The van der Waals surface area contributed by atoms with E-state index in [0.29, 0.717) is 0 Å². The Kier molecular flexibility index (Phi) is 8.53. The molecule has 13 rings (SSSR count). The average molecular weight is 829 g/mol. The van der Waals surface area contributed by atoms with E-state index in [4.69, 9.17) is 4.74 Å². The molecule has 0 N–H and O–H groups in total. The SMILES string of the molecule is c1ccc(N(c2ccccc2)c2ccc3c(c2)Oc2cccc4c2c-3cc2c3ccccc3c(-c3ccc(N(c5ccccc5)c5ccc6c(ccc7ccccc76)c5)cc3)cc42)cc1. The third-order valence-corrected chi connectivity index (χ3v) is 13.2. The topological polar surface area (TPSA) is 15.7 Å². The number of hydrogen-bond acceptors (Lipinski definition) is 3. The summed E-state index contributed by atoms with van der Waals surface area (Å²) in [7, 11) is 0. The summed E-state index contributed by atoms with van der Waals surface area (Å²) in [5.74, 6) is 1.72. The van der Waals surface area contributed by atoms with Gasteiger partial charge in [0, 0.05) is 51.1 Å². The number of fused-ring (bicyclic) bond motifs is 9. The van der Waals surface area contributed by atoms with Gasteiger partial charge in [-0.3, -0.25) is 0 Å². The van der Waals surface area contributed by atoms with Gasteiger partial charge in [-0.15, -0.1) is 0 Å². The first-order valence-electron chi connectivity index (χ1n) is 22.2. The summed E-state index contributed by atoms with van der Waals surface area (Å²) in [6.45, 7) is 0. The number of para-hydroxylation sites is 3. The maximum Gasteiger partial charge on any atom is 0.137 e. The van der Waals surface area contributed by atoms with Crippen molar-refractivity contribution in [2.75, 3.05) is 9.80 Å². The second-order valence-electron chi connectivity index (χ2n) is 16.9. The molecule has 0 aliphatic carbocycles. The van der Waals surface area contributed by atoms with Crippen LogP contribution in [0.3, 0.4) is 0 Å². The summed E-state index contributed by atoms with van der Waals surface area (Å²) >= 11 is 0. The smallest absolute Gasteiger partial charge is 0.137 e. The van der Waals surface area contributed by atoms with E-state index in [1.807, 2.05) is 0 Å². The zero-order valence-electron chi connectivity index (χ0n) is 35.4. The number of hydrogen-bond donors (Lipinski definition) is 0. The van der Waals surface area contributed by atoms with Crippen LogP contribution >= 0.6 is 0 Å². The van der Waals surface area contributed by atoms with Gasteiger partial charge in [0.05, 0.1) is 0 Å². The second-order valence-corrected chi connectivity index (χ2v) is 16.9. The van der Waals surface area contributed by atoms with Gasteiger partial charge in [-0.1, -0.05) is 146 Å². The van der Waals surface area contributed by atoms with E-state index < -0.39 is 0 Å². The van der Waals surface area contributed by atoms with Gasteiger partial charge in [0.15, 0.2) is 0 Å². The van der Waals surface area contributed by atoms with Gasteiger partial charge in [0.2, 0.25) is 0 Å². The number of nitrogens with zero attached hydrogens (tertiary/aromatic N) is 2. The summed E-state index contributed by atoms with van der Waals surface area (Å²) in [4.78, 5) is 4.64. The van der Waals surface area contributed by atoms with Crippen molar-refractivity contribution < 1.29 is 4.74 Å². The van der Waals surface area contributed by atoms with Crippen LogP contribution in [0.1, 0.15) is 0 Å². The Morgan fingerprint density at radius 2 is 0.754 bits per heavy atom. The van der Waals surface area contributed by atoms with E-state index >= 15 is 0 Å². The maximum atomic E-state index is 6.88. The summed E-state index contributed by atoms with van der Waals surface area (Å²) in [5, 5.41) is 12.2. The molecule has 0 unspecified atom stereocenters. The number of rotatable bonds is 7. The van der Waals surface area contributed by atoms with Crippen LogP contribution in [0.5, 0.6) is 11.5 Å². The van der Waals surface area contributed by atoms with E-state index in [1.165, 1.54) is 65.2 Å². The largest absolute Gasteiger partial charge is 0.456 e. The van der Waals surface area contributed by atoms with E-state index in [1.54, 1.807) is 0 Å². The van der Waals surface area contributed by atoms with Gasteiger partial charge in [-0.05, 0) is 156 Å². The Bertz CT molecular complexity index is 3750. The molecular weight excluding hydrogens is 789 g/mol. The Morgan fingerprint density at radius 1 is 0.246 bits per heavy atom. The minimum Gasteiger partial charge on any atom is -0.456 e. The van der Waals surface area contributed by atoms with Gasteiger partial charge >= 0.3 is 0 Å². The standard InChI is InChI=1S/C62H40N2O/c1-4-16-44(17-5-1)63(45-18-6-2-7-19-45)49-34-36-54-59-40-57-53-24-13-12-23-52(53)56(39-58(57)55-25-14-26-60(62(55)59)65-61(54)38-49)42-29-31-47(32-30-42)64(46-20-8-3-9-21-46)48-33-35-51-43(37-48)28-27-41-15-10-11-22-50(41)51/h1-40H. The lowest BCUT2D eigenvalue weighted by Gasteiger charge is -2.28. The molecule has 0 radical (unpaired) electrons. The molecule has 0 spiro atoms. The van der Waals surface area contributed by atoms with Crippen molar-refractivity contribution in [3.05, 3.63) is 243 Å². The van der Waals surface area contributed by atoms with Gasteiger partial charge < -0.3 is 14.5 Å². The molecule has 1 aliphatic heterocycles. The third-order valence-electron chi connectivity index (χ3n) is 13.2. The highest BCUT2D eigenvalue weighted by Gasteiger charge is 2.25. The molecule has 0 bridgehead atoms. The van der Waals surface area contributed by atoms with Crippen LogP contribution in [0.15, 0.2) is 243 Å². The molecule has 1 heterocycles. The highest BCUT2D eigenvalue weighted by Crippen LogP contribution is 2.52. The monoisotopic (exact) mass is 828 g/mol. The van der Waals surface area contributed by atoms with Gasteiger partial charge in [0.1, 0.15) is 11.5 Å². The minimum absolute atomic E-state index is 0.849. The van der Waals surface area contributed by atoms with E-state index in [9.17, 15) is 0 Å². The fourth-order valence-corrected chi connectivity index (χ4v) is 10.2. The summed E-state index contributed by atoms with van der Waals surface area (Å²) < 4.78 is 6.88. The zero-order valence-corrected chi connectivity index (χ0v) is 35.4. The molecule has 0 aromatic heterocycles. The van der Waals surface area contributed by atoms with E-state index in [2.05, 4.69) is 252 Å². The summed E-state index contributed by atoms with van der Waals surface area (Å²) in [5.41, 5.74) is 11.2. The van der Waals surface area contributed by atoms with Crippen molar-refractivity contribution in [1.82, 2.24) is 0 Å². The highest BCUT2D eigenvalue weighted by molar-refractivity contribution is 6.25. The molecule has 304 valence electrons. The summed E-state index contributed by atoms with van der Waals surface area (Å²) in [6.07, 6.45) is 0. The first kappa shape index (κ1) is 36.9. The van der Waals surface area contributed by atoms with Crippen molar-refractivity contribution in [3.63, 3.8) is 0 Å². The van der Waals surface area contributed by atoms with Crippen molar-refractivity contribution in [1.29, 1.82) is 0 Å². The molecule has 65 heavy (non-hydrogen) atoms. The molecule has 12 aromatic rings. The Balaban J connectivity index is 0.929. The van der Waals surface area contributed by atoms with E-state index in [-0.39, 0.29) is 0 Å². The number of ether oxygens (including phenoxy) is 1. The van der Waals surface area contributed by atoms with Crippen LogP contribution in [0.2, 0.25) is 0 Å². The average Bonchev–Trinajstić information content (AvgIpc) is 3.37. The second kappa shape index (κ2) is 15.0. The predicted molar refractivity (Wildman–Crippen MR) is 274 cm³/mol. The minimum atomic E-state index is 0.849. The molecule has 0 saturated heterocycles. The predicted octanol–water partition coefficient (Wildman–Crippen LogP) is 17.8. The van der Waals surface area contributed by atoms with Crippen LogP contribution in [-0.4, -0.2) is 0 Å². The molecule has 3 nitrogen and oxygen atoms in total. The summed E-state index contributed by atoms with van der Waals surface area (Å²) in [6, 6.07) is 87.5. The first-order valence-corrected chi connectivity index (χ1v) is 22.2. The Labute approximate surface area is 377 Å². The van der Waals surface area contributed by atoms with Crippen molar-refractivity contribution in [3.8, 4) is 33.8 Å². The fraction of sp³-hybridized carbons (Fsp3) is 0. The lowest BCUT2D eigenvalue weighted by molar-refractivity contribution is 0.487. The lowest BCUT2D eigenvalue weighted by atomic mass is 9.86. The van der Waals surface area contributed by atoms with Gasteiger partial charge in [-0.2, -0.15) is 0 Å². The van der Waals surface area contributed by atoms with Crippen LogP contribution in [-0.2, 0) is 0 Å². The normalized spacial score (nSPS) is 11.8. The van der Waals surface area contributed by atoms with Crippen molar-refractivity contribution >= 4 is 88.0 Å². The lowest BCUT2D eigenvalue weighted by Crippen LogP contribution is -2.10. The number of anilines is 6. The first-order chi connectivity index (χ1) is 32.2. The molecule has 12 aromatic carbocycles. The third kappa shape index (κ3) is 6.12. The highest BCUT2D eigenvalue weighted by atomic mass is 16.5.